The Balaban J connectivity index is 2.43. The molecule has 0 saturated carbocycles. The van der Waals surface area contributed by atoms with E-state index in [4.69, 9.17) is 0 Å². The molecular weight excluding hydrogens is 275 g/mol. The van der Waals surface area contributed by atoms with Gasteiger partial charge in [0.1, 0.15) is 0 Å². The normalized spacial score (nSPS) is 11.7. The van der Waals surface area contributed by atoms with E-state index in [1.807, 2.05) is 26.1 Å². The summed E-state index contributed by atoms with van der Waals surface area (Å²) in [5.74, 6) is 0. The average molecular weight is 293 g/mol. The van der Waals surface area contributed by atoms with E-state index in [0.717, 1.165) is 34.9 Å². The summed E-state index contributed by atoms with van der Waals surface area (Å²) in [5, 5.41) is 3.08. The smallest absolute Gasteiger partial charge is 0.316 e. The first-order valence-electron chi connectivity index (χ1n) is 6.75. The molecule has 0 atom stereocenters. The lowest BCUT2D eigenvalue weighted by Crippen LogP contribution is -2.06. The van der Waals surface area contributed by atoms with Crippen LogP contribution in [0.25, 0.3) is 11.1 Å². The van der Waals surface area contributed by atoms with Gasteiger partial charge in [0.25, 0.3) is 0 Å². The Labute approximate surface area is 122 Å². The third kappa shape index (κ3) is 3.45. The van der Waals surface area contributed by atoms with Crippen LogP contribution in [0, 0.1) is 13.8 Å². The van der Waals surface area contributed by atoms with Gasteiger partial charge < -0.3 is 5.32 Å². The van der Waals surface area contributed by atoms with Gasteiger partial charge in [0.05, 0.1) is 5.56 Å². The summed E-state index contributed by atoms with van der Waals surface area (Å²) in [4.78, 5) is 0. The minimum Gasteiger partial charge on any atom is -0.316 e. The van der Waals surface area contributed by atoms with Gasteiger partial charge in [-0.1, -0.05) is 24.3 Å². The van der Waals surface area contributed by atoms with Gasteiger partial charge >= 0.3 is 6.18 Å². The Kier molecular flexibility index (Phi) is 4.37. The molecule has 21 heavy (non-hydrogen) atoms. The van der Waals surface area contributed by atoms with Gasteiger partial charge in [-0.2, -0.15) is 13.2 Å². The first-order valence-corrected chi connectivity index (χ1v) is 6.75. The second kappa shape index (κ2) is 5.90. The van der Waals surface area contributed by atoms with Crippen LogP contribution in [0.5, 0.6) is 0 Å². The van der Waals surface area contributed by atoms with Crippen molar-refractivity contribution in [2.75, 3.05) is 7.05 Å². The Bertz CT molecular complexity index is 645. The van der Waals surface area contributed by atoms with Crippen LogP contribution in [0.4, 0.5) is 13.2 Å². The molecule has 0 saturated heterocycles. The molecule has 2 aromatic carbocycles. The minimum absolute atomic E-state index is 0.604. The number of benzene rings is 2. The molecule has 0 spiro atoms. The van der Waals surface area contributed by atoms with Gasteiger partial charge in [0.2, 0.25) is 0 Å². The second-order valence-corrected chi connectivity index (χ2v) is 5.21. The quantitative estimate of drug-likeness (QED) is 0.864. The summed E-state index contributed by atoms with van der Waals surface area (Å²) >= 11 is 0. The molecule has 0 radical (unpaired) electrons. The zero-order valence-corrected chi connectivity index (χ0v) is 12.3. The molecule has 0 fully saturated rings. The number of nitrogens with one attached hydrogen (secondary N) is 1. The first-order chi connectivity index (χ1) is 9.82. The van der Waals surface area contributed by atoms with Crippen LogP contribution in [-0.2, 0) is 12.7 Å². The van der Waals surface area contributed by atoms with Gasteiger partial charge in [-0.3, -0.25) is 0 Å². The molecule has 0 aliphatic heterocycles. The largest absolute Gasteiger partial charge is 0.416 e. The summed E-state index contributed by atoms with van der Waals surface area (Å²) in [5.41, 5.74) is 4.06. The zero-order valence-electron chi connectivity index (χ0n) is 12.3. The van der Waals surface area contributed by atoms with Crippen molar-refractivity contribution in [3.63, 3.8) is 0 Å². The number of hydrogen-bond acceptors (Lipinski definition) is 1. The molecule has 0 unspecified atom stereocenters. The van der Waals surface area contributed by atoms with E-state index in [0.29, 0.717) is 5.56 Å². The van der Waals surface area contributed by atoms with E-state index in [1.165, 1.54) is 6.07 Å². The fourth-order valence-electron chi connectivity index (χ4n) is 2.48. The predicted octanol–water partition coefficient (Wildman–Crippen LogP) is 4.71. The van der Waals surface area contributed by atoms with E-state index >= 15 is 0 Å². The fraction of sp³-hybridized carbons (Fsp3) is 0.294. The van der Waals surface area contributed by atoms with Crippen LogP contribution >= 0.6 is 0 Å². The molecule has 1 nitrogen and oxygen atoms in total. The lowest BCUT2D eigenvalue weighted by atomic mass is 9.94. The van der Waals surface area contributed by atoms with E-state index in [9.17, 15) is 13.2 Å². The van der Waals surface area contributed by atoms with E-state index in [2.05, 4.69) is 11.4 Å². The van der Waals surface area contributed by atoms with Crippen LogP contribution in [0.1, 0.15) is 22.3 Å². The molecule has 112 valence electrons. The van der Waals surface area contributed by atoms with Crippen molar-refractivity contribution in [2.24, 2.45) is 0 Å². The second-order valence-electron chi connectivity index (χ2n) is 5.21. The Morgan fingerprint density at radius 1 is 0.905 bits per heavy atom. The maximum absolute atomic E-state index is 12.7. The van der Waals surface area contributed by atoms with Crippen molar-refractivity contribution in [2.45, 2.75) is 26.6 Å². The summed E-state index contributed by atoms with van der Waals surface area (Å²) < 4.78 is 38.1. The summed E-state index contributed by atoms with van der Waals surface area (Å²) in [6.07, 6.45) is -4.30. The Morgan fingerprint density at radius 2 is 1.48 bits per heavy atom. The van der Waals surface area contributed by atoms with Crippen molar-refractivity contribution in [1.29, 1.82) is 0 Å². The van der Waals surface area contributed by atoms with Crippen LogP contribution in [0.2, 0.25) is 0 Å². The molecule has 2 aromatic rings. The molecule has 2 rings (SSSR count). The van der Waals surface area contributed by atoms with Gasteiger partial charge in [0, 0.05) is 6.54 Å². The van der Waals surface area contributed by atoms with Gasteiger partial charge in [-0.05, 0) is 60.8 Å². The van der Waals surface area contributed by atoms with Crippen molar-refractivity contribution in [3.8, 4) is 11.1 Å². The fourth-order valence-corrected chi connectivity index (χ4v) is 2.48. The molecule has 0 heterocycles. The Morgan fingerprint density at radius 3 is 1.95 bits per heavy atom. The maximum atomic E-state index is 12.7. The highest BCUT2D eigenvalue weighted by Gasteiger charge is 2.30. The summed E-state index contributed by atoms with van der Waals surface area (Å²) in [7, 11) is 1.88. The van der Waals surface area contributed by atoms with Crippen LogP contribution in [0.3, 0.4) is 0 Å². The molecular formula is C17H18F3N. The Hall–Kier alpha value is -1.81. The van der Waals surface area contributed by atoms with Gasteiger partial charge in [-0.25, -0.2) is 0 Å². The van der Waals surface area contributed by atoms with E-state index < -0.39 is 11.7 Å². The number of hydrogen-bond donors (Lipinski definition) is 1. The van der Waals surface area contributed by atoms with Crippen molar-refractivity contribution < 1.29 is 13.2 Å². The van der Waals surface area contributed by atoms with Crippen LogP contribution in [-0.4, -0.2) is 7.05 Å². The third-order valence-corrected chi connectivity index (χ3v) is 3.52. The number of halogens is 3. The first kappa shape index (κ1) is 15.6. The molecule has 0 amide bonds. The minimum atomic E-state index is -4.30. The lowest BCUT2D eigenvalue weighted by molar-refractivity contribution is -0.137. The van der Waals surface area contributed by atoms with E-state index in [1.54, 1.807) is 13.0 Å². The third-order valence-electron chi connectivity index (χ3n) is 3.52. The molecule has 0 aromatic heterocycles. The average Bonchev–Trinajstić information content (AvgIpc) is 2.39. The summed E-state index contributed by atoms with van der Waals surface area (Å²) in [6.45, 7) is 4.46. The highest BCUT2D eigenvalue weighted by atomic mass is 19.4. The van der Waals surface area contributed by atoms with Gasteiger partial charge in [-0.15, -0.1) is 0 Å². The van der Waals surface area contributed by atoms with Crippen LogP contribution in [0.15, 0.2) is 36.4 Å². The summed E-state index contributed by atoms with van der Waals surface area (Å²) in [6, 6.07) is 9.92. The molecule has 0 aliphatic rings. The molecule has 0 aliphatic carbocycles. The highest BCUT2D eigenvalue weighted by molar-refractivity contribution is 5.71. The molecule has 1 N–H and O–H groups in total. The SMILES string of the molecule is CNCc1ccc(-c2ccc(C(F)(F)F)cc2C)c(C)c1. The van der Waals surface area contributed by atoms with Crippen molar-refractivity contribution in [3.05, 3.63) is 58.7 Å². The number of alkyl halides is 3. The molecule has 0 bridgehead atoms. The number of rotatable bonds is 3. The topological polar surface area (TPSA) is 12.0 Å². The number of aryl methyl sites for hydroxylation is 2. The van der Waals surface area contributed by atoms with Crippen molar-refractivity contribution in [1.82, 2.24) is 5.32 Å². The highest BCUT2D eigenvalue weighted by Crippen LogP contribution is 2.34. The van der Waals surface area contributed by atoms with Crippen molar-refractivity contribution >= 4 is 0 Å². The van der Waals surface area contributed by atoms with Gasteiger partial charge in [0.15, 0.2) is 0 Å². The standard InChI is InChI=1S/C17H18F3N/c1-11-8-13(10-21-3)4-6-15(11)16-7-5-14(9-12(16)2)17(18,19)20/h4-9,21H,10H2,1-3H3. The van der Waals surface area contributed by atoms with E-state index in [-0.39, 0.29) is 0 Å². The predicted molar refractivity (Wildman–Crippen MR) is 79.1 cm³/mol. The lowest BCUT2D eigenvalue weighted by Gasteiger charge is -2.14. The van der Waals surface area contributed by atoms with Crippen LogP contribution < -0.4 is 5.32 Å². The zero-order chi connectivity index (χ0) is 15.6. The molecule has 4 heteroatoms. The monoisotopic (exact) mass is 293 g/mol. The maximum Gasteiger partial charge on any atom is 0.416 e.